The molecule has 0 aliphatic carbocycles. The summed E-state index contributed by atoms with van der Waals surface area (Å²) in [5, 5.41) is 4.47. The molecular weight excluding hydrogens is 728 g/mol. The molecule has 6 rings (SSSR count). The molecule has 8 nitrogen and oxygen atoms in total. The number of likely N-dealkylation sites (tertiary alicyclic amines) is 3. The highest BCUT2D eigenvalue weighted by molar-refractivity contribution is 6.31. The van der Waals surface area contributed by atoms with Gasteiger partial charge in [0, 0.05) is 88.3 Å². The van der Waals surface area contributed by atoms with Crippen LogP contribution in [0.25, 0.3) is 0 Å². The zero-order valence-corrected chi connectivity index (χ0v) is 36.8. The number of rotatable bonds is 18. The number of amides is 2. The van der Waals surface area contributed by atoms with Crippen LogP contribution < -0.4 is 5.32 Å². The maximum Gasteiger partial charge on any atom is 0.227 e. The maximum absolute atomic E-state index is 14.1. The zero-order chi connectivity index (χ0) is 40.9. The van der Waals surface area contributed by atoms with Crippen LogP contribution in [0.1, 0.15) is 76.6 Å². The van der Waals surface area contributed by atoms with Crippen LogP contribution in [0, 0.1) is 30.6 Å². The number of nitrogens with zero attached hydrogens (tertiary/aromatic N) is 5. The Morgan fingerprint density at radius 2 is 1.32 bits per heavy atom. The van der Waals surface area contributed by atoms with Crippen molar-refractivity contribution in [1.82, 2.24) is 29.8 Å². The van der Waals surface area contributed by atoms with Gasteiger partial charge in [0.1, 0.15) is 0 Å². The standard InChI is InChI=1S/C31H45ClN4O.C17H26N2O/c1-5-34(6-2)18-25-16-29(35(20-25)21-26-14-10-11-15-28(26)32)30-27(17-33-23(3)4)22-36(31(30)37)19-24-12-8-7-9-13-24;1-4-18(5-2)11-16-10-17(20)19(13-16)12-15-8-6-14(3)7-9-15/h7-15,23,25,27,29-30,33H,5-6,16-22H2,1-4H3;6-9,16H,4-5,10-13H2,1-3H3. The fourth-order valence-corrected chi connectivity index (χ4v) is 9.40. The number of nitrogens with one attached hydrogen (secondary N) is 1. The molecule has 3 saturated heterocycles. The van der Waals surface area contributed by atoms with Crippen molar-refractivity contribution in [2.75, 3.05) is 65.4 Å². The first kappa shape index (κ1) is 44.8. The summed E-state index contributed by atoms with van der Waals surface area (Å²) < 4.78 is 0. The fourth-order valence-electron chi connectivity index (χ4n) is 9.20. The Labute approximate surface area is 349 Å². The second-order valence-electron chi connectivity index (χ2n) is 17.0. The van der Waals surface area contributed by atoms with E-state index in [1.165, 1.54) is 16.7 Å². The van der Waals surface area contributed by atoms with Gasteiger partial charge in [0.2, 0.25) is 11.8 Å². The van der Waals surface area contributed by atoms with Gasteiger partial charge in [0.25, 0.3) is 0 Å². The van der Waals surface area contributed by atoms with E-state index in [0.717, 1.165) is 95.5 Å². The second-order valence-corrected chi connectivity index (χ2v) is 17.5. The molecular formula is C48H71ClN6O2. The van der Waals surface area contributed by atoms with Crippen LogP contribution in [0.4, 0.5) is 0 Å². The minimum atomic E-state index is -0.000784. The number of aryl methyl sites for hydroxylation is 1. The number of carbonyl (C=O) groups excluding carboxylic acids is 2. The van der Waals surface area contributed by atoms with Gasteiger partial charge in [-0.1, -0.05) is 132 Å². The number of hydrogen-bond donors (Lipinski definition) is 1. The van der Waals surface area contributed by atoms with Gasteiger partial charge >= 0.3 is 0 Å². The van der Waals surface area contributed by atoms with Crippen molar-refractivity contribution in [2.24, 2.45) is 23.7 Å². The Morgan fingerprint density at radius 3 is 1.95 bits per heavy atom. The first-order chi connectivity index (χ1) is 27.5. The first-order valence-electron chi connectivity index (χ1n) is 21.8. The van der Waals surface area contributed by atoms with E-state index in [0.29, 0.717) is 48.6 Å². The van der Waals surface area contributed by atoms with Crippen molar-refractivity contribution in [3.63, 3.8) is 0 Å². The fraction of sp³-hybridized carbons (Fsp3) is 0.583. The molecule has 9 heteroatoms. The molecule has 0 radical (unpaired) electrons. The molecule has 3 aromatic rings. The highest BCUT2D eigenvalue weighted by atomic mass is 35.5. The monoisotopic (exact) mass is 799 g/mol. The topological polar surface area (TPSA) is 62.4 Å². The van der Waals surface area contributed by atoms with Gasteiger partial charge in [-0.2, -0.15) is 0 Å². The predicted octanol–water partition coefficient (Wildman–Crippen LogP) is 7.83. The minimum absolute atomic E-state index is 0.000784. The SMILES string of the molecule is CCN(CC)CC1CC(=O)N(Cc2ccc(C)cc2)C1.CCN(CC)CC1CC(C2C(=O)N(Cc3ccccc3)CC2CNC(C)C)N(Cc2ccccc2Cl)C1. The molecule has 3 aliphatic heterocycles. The Hall–Kier alpha value is -3.27. The Bertz CT molecular complexity index is 1660. The molecule has 3 aromatic carbocycles. The molecule has 0 spiro atoms. The molecule has 3 aliphatic rings. The van der Waals surface area contributed by atoms with Crippen molar-refractivity contribution < 1.29 is 9.59 Å². The Morgan fingerprint density at radius 1 is 0.719 bits per heavy atom. The van der Waals surface area contributed by atoms with Crippen LogP contribution in [0.3, 0.4) is 0 Å². The van der Waals surface area contributed by atoms with Crippen LogP contribution in [0.2, 0.25) is 5.02 Å². The minimum Gasteiger partial charge on any atom is -0.338 e. The van der Waals surface area contributed by atoms with E-state index in [9.17, 15) is 9.59 Å². The lowest BCUT2D eigenvalue weighted by Crippen LogP contribution is -2.43. The molecule has 2 amide bonds. The molecule has 1 N–H and O–H groups in total. The molecule has 0 aromatic heterocycles. The number of carbonyl (C=O) groups is 2. The van der Waals surface area contributed by atoms with Gasteiger partial charge in [-0.05, 0) is 74.1 Å². The third-order valence-electron chi connectivity index (χ3n) is 12.5. The average molecular weight is 800 g/mol. The summed E-state index contributed by atoms with van der Waals surface area (Å²) in [7, 11) is 0. The van der Waals surface area contributed by atoms with Gasteiger partial charge in [-0.25, -0.2) is 0 Å². The lowest BCUT2D eigenvalue weighted by molar-refractivity contribution is -0.133. The molecule has 0 saturated carbocycles. The number of benzene rings is 3. The third kappa shape index (κ3) is 12.9. The van der Waals surface area contributed by atoms with Gasteiger partial charge in [-0.3, -0.25) is 14.5 Å². The van der Waals surface area contributed by atoms with Crippen LogP contribution >= 0.6 is 11.6 Å². The van der Waals surface area contributed by atoms with E-state index >= 15 is 0 Å². The largest absolute Gasteiger partial charge is 0.338 e. The average Bonchev–Trinajstić information content (AvgIpc) is 3.87. The molecule has 5 unspecified atom stereocenters. The molecule has 3 heterocycles. The van der Waals surface area contributed by atoms with E-state index in [2.05, 4.69) is 134 Å². The lowest BCUT2D eigenvalue weighted by Gasteiger charge is -2.32. The highest BCUT2D eigenvalue weighted by Crippen LogP contribution is 2.39. The Kier molecular flexibility index (Phi) is 17.5. The van der Waals surface area contributed by atoms with E-state index in [1.807, 2.05) is 23.1 Å². The first-order valence-corrected chi connectivity index (χ1v) is 22.2. The lowest BCUT2D eigenvalue weighted by atomic mass is 9.85. The Balaban J connectivity index is 0.000000261. The third-order valence-corrected chi connectivity index (χ3v) is 12.8. The summed E-state index contributed by atoms with van der Waals surface area (Å²) in [4.78, 5) is 37.8. The van der Waals surface area contributed by atoms with E-state index in [4.69, 9.17) is 11.6 Å². The van der Waals surface area contributed by atoms with Crippen LogP contribution in [-0.4, -0.2) is 114 Å². The van der Waals surface area contributed by atoms with Crippen LogP contribution in [0.5, 0.6) is 0 Å². The molecule has 57 heavy (non-hydrogen) atoms. The van der Waals surface area contributed by atoms with Gasteiger partial charge in [0.15, 0.2) is 0 Å². The van der Waals surface area contributed by atoms with E-state index in [-0.39, 0.29) is 12.0 Å². The van der Waals surface area contributed by atoms with Crippen molar-refractivity contribution >= 4 is 23.4 Å². The van der Waals surface area contributed by atoms with Crippen molar-refractivity contribution in [3.8, 4) is 0 Å². The maximum atomic E-state index is 14.1. The van der Waals surface area contributed by atoms with Gasteiger partial charge < -0.3 is 24.9 Å². The van der Waals surface area contributed by atoms with Crippen LogP contribution in [-0.2, 0) is 29.2 Å². The van der Waals surface area contributed by atoms with Crippen LogP contribution in [0.15, 0.2) is 78.9 Å². The molecule has 0 bridgehead atoms. The van der Waals surface area contributed by atoms with Gasteiger partial charge in [0.05, 0.1) is 5.92 Å². The van der Waals surface area contributed by atoms with Crippen molar-refractivity contribution in [3.05, 3.63) is 106 Å². The predicted molar refractivity (Wildman–Crippen MR) is 236 cm³/mol. The number of hydrogen-bond acceptors (Lipinski definition) is 6. The van der Waals surface area contributed by atoms with E-state index in [1.54, 1.807) is 0 Å². The summed E-state index contributed by atoms with van der Waals surface area (Å²) in [5.74, 6) is 1.97. The summed E-state index contributed by atoms with van der Waals surface area (Å²) in [5.41, 5.74) is 4.85. The molecule has 5 atom stereocenters. The summed E-state index contributed by atoms with van der Waals surface area (Å²) in [6.07, 6.45) is 1.77. The highest BCUT2D eigenvalue weighted by Gasteiger charge is 2.49. The van der Waals surface area contributed by atoms with Gasteiger partial charge in [-0.15, -0.1) is 0 Å². The number of halogens is 1. The second kappa shape index (κ2) is 22.2. The summed E-state index contributed by atoms with van der Waals surface area (Å²) in [6, 6.07) is 27.7. The normalized spacial score (nSPS) is 22.7. The summed E-state index contributed by atoms with van der Waals surface area (Å²) >= 11 is 6.61. The van der Waals surface area contributed by atoms with E-state index < -0.39 is 0 Å². The zero-order valence-electron chi connectivity index (χ0n) is 36.0. The summed E-state index contributed by atoms with van der Waals surface area (Å²) in [6.45, 7) is 27.6. The molecule has 3 fully saturated rings. The van der Waals surface area contributed by atoms with Crippen molar-refractivity contribution in [1.29, 1.82) is 0 Å². The quantitative estimate of drug-likeness (QED) is 0.142. The smallest absolute Gasteiger partial charge is 0.227 e. The van der Waals surface area contributed by atoms with Crippen molar-refractivity contribution in [2.45, 2.75) is 93.0 Å². The molecule has 312 valence electrons.